The summed E-state index contributed by atoms with van der Waals surface area (Å²) < 4.78 is 38.8. The SMILES string of the molecule is CCCCCCCCCCCCCc1cc(Oc2ccc(O)cc2)ccc1S(=O)(=O)O. The summed E-state index contributed by atoms with van der Waals surface area (Å²) in [6.45, 7) is 2.23. The van der Waals surface area contributed by atoms with E-state index >= 15 is 0 Å². The van der Waals surface area contributed by atoms with Gasteiger partial charge in [-0.25, -0.2) is 0 Å². The van der Waals surface area contributed by atoms with Crippen LogP contribution in [0.5, 0.6) is 17.2 Å². The van der Waals surface area contributed by atoms with Crippen LogP contribution in [0.3, 0.4) is 0 Å². The Bertz CT molecular complexity index is 875. The predicted octanol–water partition coefficient (Wildman–Crippen LogP) is 7.28. The zero-order valence-corrected chi connectivity index (χ0v) is 19.4. The van der Waals surface area contributed by atoms with Crippen molar-refractivity contribution in [3.63, 3.8) is 0 Å². The molecule has 0 atom stereocenters. The molecular weight excluding hydrogens is 412 g/mol. The smallest absolute Gasteiger partial charge is 0.294 e. The fraction of sp³-hybridized carbons (Fsp3) is 0.520. The number of aryl methyl sites for hydroxylation is 1. The number of unbranched alkanes of at least 4 members (excludes halogenated alkanes) is 10. The minimum atomic E-state index is -4.28. The van der Waals surface area contributed by atoms with E-state index in [2.05, 4.69) is 6.92 Å². The van der Waals surface area contributed by atoms with Crippen LogP contribution < -0.4 is 4.74 Å². The number of rotatable bonds is 15. The molecule has 2 aromatic rings. The molecule has 5 nitrogen and oxygen atoms in total. The van der Waals surface area contributed by atoms with Crippen LogP contribution in [0.4, 0.5) is 0 Å². The molecule has 0 aliphatic rings. The Kier molecular flexibility index (Phi) is 10.9. The van der Waals surface area contributed by atoms with E-state index in [4.69, 9.17) is 4.74 Å². The fourth-order valence-corrected chi connectivity index (χ4v) is 4.43. The second-order valence-corrected chi connectivity index (χ2v) is 9.52. The van der Waals surface area contributed by atoms with Crippen molar-refractivity contribution in [2.45, 2.75) is 88.9 Å². The fourth-order valence-electron chi connectivity index (χ4n) is 3.70. The second-order valence-electron chi connectivity index (χ2n) is 8.13. The molecule has 6 heteroatoms. The molecule has 2 N–H and O–H groups in total. The molecule has 0 aromatic heterocycles. The molecule has 2 aromatic carbocycles. The molecule has 2 rings (SSSR count). The number of ether oxygens (including phenoxy) is 1. The zero-order chi connectivity index (χ0) is 22.5. The predicted molar refractivity (Wildman–Crippen MR) is 125 cm³/mol. The Labute approximate surface area is 187 Å². The highest BCUT2D eigenvalue weighted by Crippen LogP contribution is 2.28. The summed E-state index contributed by atoms with van der Waals surface area (Å²) >= 11 is 0. The maximum atomic E-state index is 11.7. The molecule has 0 unspecified atom stereocenters. The Morgan fingerprint density at radius 1 is 0.742 bits per heavy atom. The van der Waals surface area contributed by atoms with Crippen molar-refractivity contribution in [2.24, 2.45) is 0 Å². The maximum Gasteiger partial charge on any atom is 0.294 e. The van der Waals surface area contributed by atoms with Gasteiger partial charge in [-0.1, -0.05) is 71.1 Å². The molecule has 0 amide bonds. The minimum Gasteiger partial charge on any atom is -0.508 e. The first kappa shape index (κ1) is 25.2. The van der Waals surface area contributed by atoms with Crippen LogP contribution in [-0.4, -0.2) is 18.1 Å². The third-order valence-electron chi connectivity index (χ3n) is 5.43. The highest BCUT2D eigenvalue weighted by atomic mass is 32.2. The number of phenolic OH excluding ortho intramolecular Hbond substituents is 1. The van der Waals surface area contributed by atoms with E-state index in [1.807, 2.05) is 0 Å². The first-order valence-corrected chi connectivity index (χ1v) is 12.9. The summed E-state index contributed by atoms with van der Waals surface area (Å²) in [7, 11) is -4.28. The van der Waals surface area contributed by atoms with Crippen molar-refractivity contribution in [2.75, 3.05) is 0 Å². The van der Waals surface area contributed by atoms with Crippen LogP contribution in [0, 0.1) is 0 Å². The Morgan fingerprint density at radius 3 is 1.81 bits per heavy atom. The lowest BCUT2D eigenvalue weighted by atomic mass is 10.0. The van der Waals surface area contributed by atoms with E-state index in [9.17, 15) is 18.1 Å². The molecule has 0 spiro atoms. The molecule has 0 bridgehead atoms. The van der Waals surface area contributed by atoms with Gasteiger partial charge in [0.15, 0.2) is 0 Å². The molecule has 0 saturated heterocycles. The topological polar surface area (TPSA) is 83.8 Å². The van der Waals surface area contributed by atoms with E-state index in [-0.39, 0.29) is 10.6 Å². The molecule has 0 aliphatic carbocycles. The minimum absolute atomic E-state index is 0.0577. The van der Waals surface area contributed by atoms with Crippen LogP contribution in [0.2, 0.25) is 0 Å². The summed E-state index contributed by atoms with van der Waals surface area (Å²) in [6, 6.07) is 10.9. The van der Waals surface area contributed by atoms with Crippen LogP contribution in [-0.2, 0) is 16.5 Å². The lowest BCUT2D eigenvalue weighted by molar-refractivity contribution is 0.462. The first-order chi connectivity index (χ1) is 14.9. The van der Waals surface area contributed by atoms with Gasteiger partial charge in [-0.15, -0.1) is 0 Å². The van der Waals surface area contributed by atoms with Gasteiger partial charge >= 0.3 is 0 Å². The molecular formula is C25H36O5S. The molecule has 0 saturated carbocycles. The third kappa shape index (κ3) is 9.74. The monoisotopic (exact) mass is 448 g/mol. The largest absolute Gasteiger partial charge is 0.508 e. The highest BCUT2D eigenvalue weighted by Gasteiger charge is 2.16. The Hall–Kier alpha value is -2.05. The average molecular weight is 449 g/mol. The lowest BCUT2D eigenvalue weighted by Crippen LogP contribution is -2.04. The van der Waals surface area contributed by atoms with Gasteiger partial charge < -0.3 is 9.84 Å². The average Bonchev–Trinajstić information content (AvgIpc) is 2.73. The van der Waals surface area contributed by atoms with Gasteiger partial charge in [0.1, 0.15) is 17.2 Å². The van der Waals surface area contributed by atoms with Crippen molar-refractivity contribution in [3.8, 4) is 17.2 Å². The molecule has 0 radical (unpaired) electrons. The van der Waals surface area contributed by atoms with Crippen molar-refractivity contribution >= 4 is 10.1 Å². The van der Waals surface area contributed by atoms with Gasteiger partial charge in [-0.3, -0.25) is 4.55 Å². The number of benzene rings is 2. The van der Waals surface area contributed by atoms with Crippen LogP contribution >= 0.6 is 0 Å². The van der Waals surface area contributed by atoms with Gasteiger partial charge in [0.2, 0.25) is 0 Å². The van der Waals surface area contributed by atoms with E-state index in [1.165, 1.54) is 75.6 Å². The van der Waals surface area contributed by atoms with E-state index in [0.717, 1.165) is 19.3 Å². The van der Waals surface area contributed by atoms with Gasteiger partial charge in [0.05, 0.1) is 4.90 Å². The van der Waals surface area contributed by atoms with E-state index in [0.29, 0.717) is 23.5 Å². The Balaban J connectivity index is 1.82. The normalized spacial score (nSPS) is 11.5. The number of hydrogen-bond donors (Lipinski definition) is 2. The van der Waals surface area contributed by atoms with Crippen LogP contribution in [0.25, 0.3) is 0 Å². The van der Waals surface area contributed by atoms with E-state index < -0.39 is 10.1 Å². The van der Waals surface area contributed by atoms with Gasteiger partial charge in [-0.05, 0) is 60.9 Å². The second kappa shape index (κ2) is 13.4. The van der Waals surface area contributed by atoms with Gasteiger partial charge in [-0.2, -0.15) is 8.42 Å². The zero-order valence-electron chi connectivity index (χ0n) is 18.6. The van der Waals surface area contributed by atoms with Crippen LogP contribution in [0.1, 0.15) is 83.1 Å². The highest BCUT2D eigenvalue weighted by molar-refractivity contribution is 7.85. The summed E-state index contributed by atoms with van der Waals surface area (Å²) in [5, 5.41) is 9.38. The number of hydrogen-bond acceptors (Lipinski definition) is 4. The summed E-state index contributed by atoms with van der Waals surface area (Å²) in [4.78, 5) is -0.0577. The van der Waals surface area contributed by atoms with Crippen molar-refractivity contribution < 1.29 is 22.8 Å². The van der Waals surface area contributed by atoms with Crippen molar-refractivity contribution in [1.82, 2.24) is 0 Å². The van der Waals surface area contributed by atoms with Gasteiger partial charge in [0, 0.05) is 0 Å². The van der Waals surface area contributed by atoms with Crippen LogP contribution in [0.15, 0.2) is 47.4 Å². The number of phenols is 1. The summed E-state index contributed by atoms with van der Waals surface area (Å²) in [5.41, 5.74) is 0.565. The molecule has 31 heavy (non-hydrogen) atoms. The van der Waals surface area contributed by atoms with Crippen molar-refractivity contribution in [3.05, 3.63) is 48.0 Å². The van der Waals surface area contributed by atoms with E-state index in [1.54, 1.807) is 18.2 Å². The third-order valence-corrected chi connectivity index (χ3v) is 6.39. The quantitative estimate of drug-likeness (QED) is 0.221. The van der Waals surface area contributed by atoms with Gasteiger partial charge in [0.25, 0.3) is 10.1 Å². The standard InChI is InChI=1S/C25H36O5S/c1-2-3-4-5-6-7-8-9-10-11-12-13-21-20-24(18-19-25(21)31(27,28)29)30-23-16-14-22(26)15-17-23/h14-20,26H,2-13H2,1H3,(H,27,28,29). The van der Waals surface area contributed by atoms with Crippen molar-refractivity contribution in [1.29, 1.82) is 0 Å². The summed E-state index contributed by atoms with van der Waals surface area (Å²) in [6.07, 6.45) is 14.0. The first-order valence-electron chi connectivity index (χ1n) is 11.5. The summed E-state index contributed by atoms with van der Waals surface area (Å²) in [5.74, 6) is 1.18. The molecule has 0 aliphatic heterocycles. The maximum absolute atomic E-state index is 11.7. The lowest BCUT2D eigenvalue weighted by Gasteiger charge is -2.11. The number of aromatic hydroxyl groups is 1. The molecule has 172 valence electrons. The molecule has 0 heterocycles. The molecule has 0 fully saturated rings. The Morgan fingerprint density at radius 2 is 1.26 bits per heavy atom.